The predicted octanol–water partition coefficient (Wildman–Crippen LogP) is 3.48. The van der Waals surface area contributed by atoms with Crippen molar-refractivity contribution in [2.45, 2.75) is 26.3 Å². The van der Waals surface area contributed by atoms with E-state index in [2.05, 4.69) is 17.2 Å². The van der Waals surface area contributed by atoms with Crippen molar-refractivity contribution in [3.8, 4) is 0 Å². The van der Waals surface area contributed by atoms with Crippen LogP contribution in [0, 0.1) is 12.7 Å². The molecule has 1 aromatic carbocycles. The van der Waals surface area contributed by atoms with Gasteiger partial charge < -0.3 is 5.32 Å². The third-order valence-electron chi connectivity index (χ3n) is 2.84. The predicted molar refractivity (Wildman–Crippen MR) is 73.4 cm³/mol. The number of thiazole rings is 1. The van der Waals surface area contributed by atoms with E-state index in [1.54, 1.807) is 17.4 Å². The summed E-state index contributed by atoms with van der Waals surface area (Å²) >= 11 is 1.66. The Hall–Kier alpha value is -1.26. The largest absolute Gasteiger partial charge is 0.312 e. The molecule has 0 aliphatic rings. The number of nitrogens with one attached hydrogen (secondary N) is 1. The van der Waals surface area contributed by atoms with Crippen LogP contribution in [0.2, 0.25) is 0 Å². The van der Waals surface area contributed by atoms with E-state index in [1.807, 2.05) is 24.6 Å². The summed E-state index contributed by atoms with van der Waals surface area (Å²) < 4.78 is 13.5. The van der Waals surface area contributed by atoms with Crippen LogP contribution in [-0.2, 0) is 6.54 Å². The van der Waals surface area contributed by atoms with Crippen molar-refractivity contribution in [2.75, 3.05) is 6.54 Å². The van der Waals surface area contributed by atoms with Gasteiger partial charge in [-0.05, 0) is 13.0 Å². The zero-order valence-corrected chi connectivity index (χ0v) is 11.4. The fraction of sp³-hybridized carbons (Fsp3) is 0.357. The second-order valence-electron chi connectivity index (χ2n) is 4.50. The first-order chi connectivity index (χ1) is 8.66. The lowest BCUT2D eigenvalue weighted by Gasteiger charge is -2.11. The van der Waals surface area contributed by atoms with E-state index in [-0.39, 0.29) is 5.82 Å². The number of hydrogen-bond donors (Lipinski definition) is 1. The maximum Gasteiger partial charge on any atom is 0.127 e. The zero-order valence-electron chi connectivity index (χ0n) is 10.6. The minimum atomic E-state index is -0.144. The van der Waals surface area contributed by atoms with Crippen molar-refractivity contribution in [2.24, 2.45) is 0 Å². The number of hydrogen-bond acceptors (Lipinski definition) is 3. The molecule has 1 N–H and O–H groups in total. The summed E-state index contributed by atoms with van der Waals surface area (Å²) in [5.41, 5.74) is 1.81. The van der Waals surface area contributed by atoms with Crippen LogP contribution in [-0.4, -0.2) is 11.5 Å². The zero-order chi connectivity index (χ0) is 13.0. The Kier molecular flexibility index (Phi) is 4.44. The monoisotopic (exact) mass is 264 g/mol. The SMILES string of the molecule is Cc1ccc(F)c(CNCC(C)c2nccs2)c1. The lowest BCUT2D eigenvalue weighted by molar-refractivity contribution is 0.569. The molecule has 18 heavy (non-hydrogen) atoms. The molecule has 0 aliphatic heterocycles. The van der Waals surface area contributed by atoms with Crippen molar-refractivity contribution in [1.29, 1.82) is 0 Å². The van der Waals surface area contributed by atoms with Crippen molar-refractivity contribution < 1.29 is 4.39 Å². The van der Waals surface area contributed by atoms with E-state index in [0.717, 1.165) is 22.7 Å². The molecule has 0 aliphatic carbocycles. The lowest BCUT2D eigenvalue weighted by atomic mass is 10.1. The van der Waals surface area contributed by atoms with Crippen LogP contribution < -0.4 is 5.32 Å². The van der Waals surface area contributed by atoms with E-state index in [9.17, 15) is 4.39 Å². The first-order valence-electron chi connectivity index (χ1n) is 6.02. The van der Waals surface area contributed by atoms with Gasteiger partial charge in [-0.1, -0.05) is 24.6 Å². The van der Waals surface area contributed by atoms with Gasteiger partial charge >= 0.3 is 0 Å². The molecule has 1 atom stereocenters. The van der Waals surface area contributed by atoms with Crippen LogP contribution in [0.25, 0.3) is 0 Å². The lowest BCUT2D eigenvalue weighted by Crippen LogP contribution is -2.20. The summed E-state index contributed by atoms with van der Waals surface area (Å²) in [5.74, 6) is 0.216. The number of aromatic nitrogens is 1. The molecule has 1 heterocycles. The molecular weight excluding hydrogens is 247 g/mol. The molecule has 0 radical (unpaired) electrons. The highest BCUT2D eigenvalue weighted by molar-refractivity contribution is 7.09. The second-order valence-corrected chi connectivity index (χ2v) is 5.42. The molecule has 1 unspecified atom stereocenters. The summed E-state index contributed by atoms with van der Waals surface area (Å²) in [6.07, 6.45) is 1.82. The topological polar surface area (TPSA) is 24.9 Å². The van der Waals surface area contributed by atoms with E-state index < -0.39 is 0 Å². The molecule has 0 saturated heterocycles. The molecule has 96 valence electrons. The fourth-order valence-corrected chi connectivity index (χ4v) is 2.53. The Labute approximate surface area is 111 Å². The average molecular weight is 264 g/mol. The summed E-state index contributed by atoms with van der Waals surface area (Å²) in [4.78, 5) is 4.28. The number of benzene rings is 1. The van der Waals surface area contributed by atoms with Crippen molar-refractivity contribution in [3.05, 3.63) is 51.7 Å². The first kappa shape index (κ1) is 13.2. The standard InChI is InChI=1S/C14H17FN2S/c1-10-3-4-13(15)12(7-10)9-16-8-11(2)14-17-5-6-18-14/h3-7,11,16H,8-9H2,1-2H3. The van der Waals surface area contributed by atoms with Crippen LogP contribution >= 0.6 is 11.3 Å². The molecule has 0 fully saturated rings. The van der Waals surface area contributed by atoms with Gasteiger partial charge in [-0.2, -0.15) is 0 Å². The van der Waals surface area contributed by atoms with Crippen LogP contribution in [0.4, 0.5) is 4.39 Å². The van der Waals surface area contributed by atoms with Gasteiger partial charge in [0, 0.05) is 36.1 Å². The molecule has 2 rings (SSSR count). The maximum absolute atomic E-state index is 13.5. The highest BCUT2D eigenvalue weighted by Crippen LogP contribution is 2.17. The molecule has 2 nitrogen and oxygen atoms in total. The number of aryl methyl sites for hydroxylation is 1. The third kappa shape index (κ3) is 3.37. The highest BCUT2D eigenvalue weighted by atomic mass is 32.1. The second kappa shape index (κ2) is 6.07. The molecule has 1 aromatic heterocycles. The Morgan fingerprint density at radius 3 is 3.00 bits per heavy atom. The summed E-state index contributed by atoms with van der Waals surface area (Å²) in [6.45, 7) is 5.46. The van der Waals surface area contributed by atoms with Crippen LogP contribution in [0.5, 0.6) is 0 Å². The Morgan fingerprint density at radius 1 is 1.44 bits per heavy atom. The molecule has 2 aromatic rings. The van der Waals surface area contributed by atoms with Crippen LogP contribution in [0.3, 0.4) is 0 Å². The van der Waals surface area contributed by atoms with Gasteiger partial charge in [0.1, 0.15) is 5.82 Å². The van der Waals surface area contributed by atoms with Gasteiger partial charge in [0.05, 0.1) is 5.01 Å². The Balaban J connectivity index is 1.87. The molecule has 0 spiro atoms. The minimum Gasteiger partial charge on any atom is -0.312 e. The molecule has 0 bridgehead atoms. The minimum absolute atomic E-state index is 0.144. The number of nitrogens with zero attached hydrogens (tertiary/aromatic N) is 1. The van der Waals surface area contributed by atoms with Gasteiger partial charge in [0.15, 0.2) is 0 Å². The summed E-state index contributed by atoms with van der Waals surface area (Å²) in [5, 5.41) is 6.38. The van der Waals surface area contributed by atoms with E-state index >= 15 is 0 Å². The Bertz CT molecular complexity index is 497. The summed E-state index contributed by atoms with van der Waals surface area (Å²) in [7, 11) is 0. The van der Waals surface area contributed by atoms with Crippen LogP contribution in [0.15, 0.2) is 29.8 Å². The molecule has 0 saturated carbocycles. The smallest absolute Gasteiger partial charge is 0.127 e. The van der Waals surface area contributed by atoms with Gasteiger partial charge in [-0.15, -0.1) is 11.3 Å². The van der Waals surface area contributed by atoms with Gasteiger partial charge in [0.25, 0.3) is 0 Å². The molecule has 4 heteroatoms. The average Bonchev–Trinajstić information content (AvgIpc) is 2.87. The van der Waals surface area contributed by atoms with Crippen molar-refractivity contribution >= 4 is 11.3 Å². The van der Waals surface area contributed by atoms with E-state index in [4.69, 9.17) is 0 Å². The summed E-state index contributed by atoms with van der Waals surface area (Å²) in [6, 6.07) is 5.20. The maximum atomic E-state index is 13.5. The van der Waals surface area contributed by atoms with E-state index in [0.29, 0.717) is 12.5 Å². The normalized spacial score (nSPS) is 12.6. The van der Waals surface area contributed by atoms with Gasteiger partial charge in [0.2, 0.25) is 0 Å². The number of rotatable bonds is 5. The molecule has 0 amide bonds. The van der Waals surface area contributed by atoms with E-state index in [1.165, 1.54) is 6.07 Å². The van der Waals surface area contributed by atoms with Crippen molar-refractivity contribution in [1.82, 2.24) is 10.3 Å². The Morgan fingerprint density at radius 2 is 2.28 bits per heavy atom. The highest BCUT2D eigenvalue weighted by Gasteiger charge is 2.08. The van der Waals surface area contributed by atoms with Gasteiger partial charge in [-0.25, -0.2) is 9.37 Å². The number of halogens is 1. The van der Waals surface area contributed by atoms with Crippen LogP contribution in [0.1, 0.15) is 29.0 Å². The molecular formula is C14H17FN2S. The van der Waals surface area contributed by atoms with Crippen molar-refractivity contribution in [3.63, 3.8) is 0 Å². The van der Waals surface area contributed by atoms with Gasteiger partial charge in [-0.3, -0.25) is 0 Å². The fourth-order valence-electron chi connectivity index (χ4n) is 1.83. The third-order valence-corrected chi connectivity index (χ3v) is 3.85. The first-order valence-corrected chi connectivity index (χ1v) is 6.90. The quantitative estimate of drug-likeness (QED) is 0.894.